The molecule has 1 aromatic carbocycles. The SMILES string of the molecule is O=[P+](OO)OCc1ccc(Cl)cc1. The van der Waals surface area contributed by atoms with Crippen LogP contribution in [0, 0.1) is 0 Å². The molecule has 0 fully saturated rings. The highest BCUT2D eigenvalue weighted by atomic mass is 35.5. The largest absolute Gasteiger partial charge is 0.728 e. The van der Waals surface area contributed by atoms with E-state index in [0.29, 0.717) is 5.02 Å². The Labute approximate surface area is 80.9 Å². The second kappa shape index (κ2) is 5.27. The van der Waals surface area contributed by atoms with Gasteiger partial charge in [0.2, 0.25) is 0 Å². The van der Waals surface area contributed by atoms with Gasteiger partial charge in [-0.05, 0) is 17.7 Å². The summed E-state index contributed by atoms with van der Waals surface area (Å²) in [5.74, 6) is 0. The molecule has 4 nitrogen and oxygen atoms in total. The van der Waals surface area contributed by atoms with Crippen LogP contribution in [0.1, 0.15) is 5.56 Å². The zero-order chi connectivity index (χ0) is 9.68. The van der Waals surface area contributed by atoms with Gasteiger partial charge in [0.05, 0.1) is 4.67 Å². The quantitative estimate of drug-likeness (QED) is 0.482. The fourth-order valence-electron chi connectivity index (χ4n) is 0.731. The molecule has 0 aliphatic rings. The van der Waals surface area contributed by atoms with Crippen molar-refractivity contribution in [2.75, 3.05) is 0 Å². The van der Waals surface area contributed by atoms with E-state index in [0.717, 1.165) is 5.56 Å². The maximum absolute atomic E-state index is 10.5. The van der Waals surface area contributed by atoms with Crippen LogP contribution in [0.4, 0.5) is 0 Å². The number of halogens is 1. The van der Waals surface area contributed by atoms with Crippen molar-refractivity contribution in [1.29, 1.82) is 0 Å². The number of hydrogen-bond acceptors (Lipinski definition) is 4. The van der Waals surface area contributed by atoms with Crippen LogP contribution in [0.15, 0.2) is 24.3 Å². The molecule has 0 amide bonds. The Balaban J connectivity index is 2.46. The van der Waals surface area contributed by atoms with Crippen LogP contribution in [0.25, 0.3) is 0 Å². The summed E-state index contributed by atoms with van der Waals surface area (Å²) in [6, 6.07) is 6.83. The third-order valence-electron chi connectivity index (χ3n) is 1.32. The van der Waals surface area contributed by atoms with Gasteiger partial charge < -0.3 is 0 Å². The molecule has 0 aliphatic heterocycles. The number of hydrogen-bond donors (Lipinski definition) is 1. The summed E-state index contributed by atoms with van der Waals surface area (Å²) in [6.45, 7) is 0.104. The topological polar surface area (TPSA) is 55.8 Å². The van der Waals surface area contributed by atoms with Gasteiger partial charge in [0.1, 0.15) is 6.61 Å². The summed E-state index contributed by atoms with van der Waals surface area (Å²) in [7, 11) is -2.44. The van der Waals surface area contributed by atoms with Crippen molar-refractivity contribution in [3.8, 4) is 0 Å². The van der Waals surface area contributed by atoms with Crippen molar-refractivity contribution >= 4 is 19.9 Å². The van der Waals surface area contributed by atoms with Gasteiger partial charge in [-0.15, -0.1) is 4.52 Å². The van der Waals surface area contributed by atoms with Crippen molar-refractivity contribution in [3.05, 3.63) is 34.9 Å². The highest BCUT2D eigenvalue weighted by Crippen LogP contribution is 2.23. The van der Waals surface area contributed by atoms with Crippen LogP contribution in [-0.2, 0) is 20.4 Å². The van der Waals surface area contributed by atoms with Crippen LogP contribution in [0.2, 0.25) is 5.02 Å². The molecule has 0 aromatic heterocycles. The minimum Gasteiger partial charge on any atom is -0.202 e. The molecule has 1 atom stereocenters. The Bertz CT molecular complexity index is 287. The zero-order valence-electron chi connectivity index (χ0n) is 6.51. The minimum absolute atomic E-state index is 0.104. The van der Waals surface area contributed by atoms with Crippen molar-refractivity contribution < 1.29 is 19.0 Å². The van der Waals surface area contributed by atoms with E-state index in [-0.39, 0.29) is 6.61 Å². The first kappa shape index (κ1) is 10.6. The lowest BCUT2D eigenvalue weighted by atomic mass is 10.2. The molecule has 0 saturated carbocycles. The van der Waals surface area contributed by atoms with Gasteiger partial charge in [0, 0.05) is 9.59 Å². The Morgan fingerprint density at radius 1 is 1.38 bits per heavy atom. The van der Waals surface area contributed by atoms with Crippen LogP contribution in [0.3, 0.4) is 0 Å². The molecule has 0 radical (unpaired) electrons. The van der Waals surface area contributed by atoms with Crippen molar-refractivity contribution in [1.82, 2.24) is 0 Å². The Morgan fingerprint density at radius 2 is 2.00 bits per heavy atom. The molecule has 6 heteroatoms. The Kier molecular flexibility index (Phi) is 4.28. The molecule has 70 valence electrons. The third-order valence-corrected chi connectivity index (χ3v) is 2.04. The van der Waals surface area contributed by atoms with E-state index in [1.807, 2.05) is 0 Å². The summed E-state index contributed by atoms with van der Waals surface area (Å²) >= 11 is 5.64. The molecule has 1 aromatic rings. The normalized spacial score (nSPS) is 11.4. The van der Waals surface area contributed by atoms with Gasteiger partial charge in [-0.3, -0.25) is 0 Å². The molecule has 1 N–H and O–H groups in total. The van der Waals surface area contributed by atoms with Gasteiger partial charge >= 0.3 is 8.25 Å². The van der Waals surface area contributed by atoms with Crippen molar-refractivity contribution in [3.63, 3.8) is 0 Å². The lowest BCUT2D eigenvalue weighted by Crippen LogP contribution is -1.85. The summed E-state index contributed by atoms with van der Waals surface area (Å²) in [5, 5.41) is 8.54. The van der Waals surface area contributed by atoms with Gasteiger partial charge in [-0.2, -0.15) is 0 Å². The van der Waals surface area contributed by atoms with Crippen LogP contribution in [-0.4, -0.2) is 5.26 Å². The first-order chi connectivity index (χ1) is 6.22. The number of rotatable bonds is 4. The van der Waals surface area contributed by atoms with E-state index < -0.39 is 8.25 Å². The average molecular weight is 222 g/mol. The van der Waals surface area contributed by atoms with Crippen LogP contribution >= 0.6 is 19.9 Å². The second-order valence-corrected chi connectivity index (χ2v) is 3.51. The summed E-state index contributed by atoms with van der Waals surface area (Å²) in [6.07, 6.45) is 0. The summed E-state index contributed by atoms with van der Waals surface area (Å²) < 4.78 is 18.5. The van der Waals surface area contributed by atoms with E-state index in [1.54, 1.807) is 24.3 Å². The minimum atomic E-state index is -2.44. The van der Waals surface area contributed by atoms with Crippen LogP contribution < -0.4 is 0 Å². The highest BCUT2D eigenvalue weighted by molar-refractivity contribution is 7.33. The first-order valence-corrected chi connectivity index (χ1v) is 4.86. The van der Waals surface area contributed by atoms with E-state index in [2.05, 4.69) is 9.20 Å². The van der Waals surface area contributed by atoms with Crippen LogP contribution in [0.5, 0.6) is 0 Å². The van der Waals surface area contributed by atoms with E-state index >= 15 is 0 Å². The lowest BCUT2D eigenvalue weighted by Gasteiger charge is -1.93. The molecular weight excluding hydrogens is 214 g/mol. The standard InChI is InChI=1S/C7H6ClO4P/c8-7-3-1-6(2-4-7)5-11-13(10)12-9/h1-4H,5H2/p+1. The summed E-state index contributed by atoms with van der Waals surface area (Å²) in [4.78, 5) is 0. The first-order valence-electron chi connectivity index (χ1n) is 3.38. The Hall–Kier alpha value is -0.510. The number of benzene rings is 1. The molecule has 0 bridgehead atoms. The van der Waals surface area contributed by atoms with Crippen molar-refractivity contribution in [2.45, 2.75) is 6.61 Å². The maximum Gasteiger partial charge on any atom is 0.728 e. The predicted octanol–water partition coefficient (Wildman–Crippen LogP) is 3.00. The molecule has 13 heavy (non-hydrogen) atoms. The average Bonchev–Trinajstić information content (AvgIpc) is 2.16. The molecule has 0 heterocycles. The smallest absolute Gasteiger partial charge is 0.202 e. The molecule has 0 aliphatic carbocycles. The highest BCUT2D eigenvalue weighted by Gasteiger charge is 2.19. The van der Waals surface area contributed by atoms with Gasteiger partial charge in [-0.1, -0.05) is 23.7 Å². The Morgan fingerprint density at radius 3 is 2.54 bits per heavy atom. The van der Waals surface area contributed by atoms with Gasteiger partial charge in [-0.25, -0.2) is 5.26 Å². The second-order valence-electron chi connectivity index (χ2n) is 2.21. The molecule has 0 saturated heterocycles. The maximum atomic E-state index is 10.5. The summed E-state index contributed by atoms with van der Waals surface area (Å²) in [5.41, 5.74) is 0.796. The van der Waals surface area contributed by atoms with E-state index in [1.165, 1.54) is 0 Å². The van der Waals surface area contributed by atoms with Gasteiger partial charge in [0.15, 0.2) is 0 Å². The lowest BCUT2D eigenvalue weighted by molar-refractivity contribution is -0.142. The molecule has 0 spiro atoms. The van der Waals surface area contributed by atoms with Crippen molar-refractivity contribution in [2.24, 2.45) is 0 Å². The predicted molar refractivity (Wildman–Crippen MR) is 47.6 cm³/mol. The molecular formula is C7H7ClO4P+. The molecule has 1 unspecified atom stereocenters. The fourth-order valence-corrected chi connectivity index (χ4v) is 1.16. The van der Waals surface area contributed by atoms with E-state index in [9.17, 15) is 4.57 Å². The monoisotopic (exact) mass is 221 g/mol. The fraction of sp³-hybridized carbons (Fsp3) is 0.143. The molecule has 1 rings (SSSR count). The van der Waals surface area contributed by atoms with E-state index in [4.69, 9.17) is 16.9 Å². The third kappa shape index (κ3) is 3.81. The zero-order valence-corrected chi connectivity index (χ0v) is 8.16. The van der Waals surface area contributed by atoms with Gasteiger partial charge in [0.25, 0.3) is 0 Å².